The molecule has 7 heteroatoms. The van der Waals surface area contributed by atoms with E-state index in [2.05, 4.69) is 60.3 Å². The first-order valence-electron chi connectivity index (χ1n) is 9.78. The summed E-state index contributed by atoms with van der Waals surface area (Å²) in [5, 5.41) is 3.97. The first-order valence-corrected chi connectivity index (χ1v) is 10.6. The molecule has 0 aliphatic heterocycles. The smallest absolute Gasteiger partial charge is 0.348 e. The van der Waals surface area contributed by atoms with Gasteiger partial charge in [0.15, 0.2) is 0 Å². The molecule has 0 radical (unpaired) electrons. The summed E-state index contributed by atoms with van der Waals surface area (Å²) in [6, 6.07) is 8.75. The largest absolute Gasteiger partial charge is 0.465 e. The summed E-state index contributed by atoms with van der Waals surface area (Å²) in [4.78, 5) is 32.9. The number of carbonyl (C=O) groups excluding carboxylic acids is 1. The fourth-order valence-electron chi connectivity index (χ4n) is 3.47. The number of ether oxygens (including phenoxy) is 1. The maximum Gasteiger partial charge on any atom is 0.348 e. The number of fused-ring (bicyclic) bond motifs is 1. The van der Waals surface area contributed by atoms with Gasteiger partial charge in [0, 0.05) is 6.04 Å². The number of rotatable bonds is 7. The number of hydrogen-bond donors (Lipinski definition) is 2. The van der Waals surface area contributed by atoms with Gasteiger partial charge in [0.1, 0.15) is 15.5 Å². The fraction of sp³-hybridized carbons (Fsp3) is 0.409. The second-order valence-corrected chi connectivity index (χ2v) is 8.44. The van der Waals surface area contributed by atoms with Gasteiger partial charge in [-0.3, -0.25) is 4.79 Å². The zero-order valence-electron chi connectivity index (χ0n) is 17.5. The number of carbonyl (C=O) groups is 1. The minimum atomic E-state index is -0.444. The summed E-state index contributed by atoms with van der Waals surface area (Å²) in [6.45, 7) is 8.64. The molecule has 0 spiro atoms. The summed E-state index contributed by atoms with van der Waals surface area (Å²) in [6.07, 6.45) is 1.01. The van der Waals surface area contributed by atoms with E-state index < -0.39 is 5.97 Å². The number of nitrogens with zero attached hydrogens (tertiary/aromatic N) is 1. The van der Waals surface area contributed by atoms with Crippen molar-refractivity contribution in [1.29, 1.82) is 0 Å². The summed E-state index contributed by atoms with van der Waals surface area (Å²) in [7, 11) is 1.33. The predicted molar refractivity (Wildman–Crippen MR) is 117 cm³/mol. The van der Waals surface area contributed by atoms with Crippen molar-refractivity contribution >= 4 is 27.5 Å². The van der Waals surface area contributed by atoms with Gasteiger partial charge in [-0.05, 0) is 36.0 Å². The van der Waals surface area contributed by atoms with Crippen LogP contribution in [-0.4, -0.2) is 23.0 Å². The van der Waals surface area contributed by atoms with Crippen molar-refractivity contribution in [3.05, 3.63) is 62.0 Å². The second kappa shape index (κ2) is 8.88. The van der Waals surface area contributed by atoms with Crippen LogP contribution in [0.1, 0.15) is 59.0 Å². The molecule has 3 rings (SSSR count). The third kappa shape index (κ3) is 4.41. The summed E-state index contributed by atoms with van der Waals surface area (Å²) >= 11 is 1.19. The van der Waals surface area contributed by atoms with Crippen molar-refractivity contribution in [3.8, 4) is 0 Å². The van der Waals surface area contributed by atoms with E-state index in [1.165, 1.54) is 29.6 Å². The van der Waals surface area contributed by atoms with E-state index >= 15 is 0 Å². The van der Waals surface area contributed by atoms with Crippen LogP contribution in [0.2, 0.25) is 0 Å². The maximum absolute atomic E-state index is 12.6. The molecule has 2 aromatic heterocycles. The van der Waals surface area contributed by atoms with E-state index in [0.717, 1.165) is 6.42 Å². The zero-order valence-corrected chi connectivity index (χ0v) is 18.3. The van der Waals surface area contributed by atoms with Crippen LogP contribution in [0.4, 0.5) is 0 Å². The topological polar surface area (TPSA) is 84.1 Å². The van der Waals surface area contributed by atoms with Gasteiger partial charge in [0.05, 0.1) is 19.0 Å². The Kier molecular flexibility index (Phi) is 6.49. The van der Waals surface area contributed by atoms with Gasteiger partial charge in [-0.25, -0.2) is 9.78 Å². The number of nitrogens with one attached hydrogen (secondary N) is 2. The number of benzene rings is 1. The molecule has 2 N–H and O–H groups in total. The molecule has 0 bridgehead atoms. The van der Waals surface area contributed by atoms with Crippen LogP contribution < -0.4 is 10.9 Å². The lowest BCUT2D eigenvalue weighted by molar-refractivity contribution is 0.0605. The number of hydrogen-bond acceptors (Lipinski definition) is 6. The number of H-pyrrole nitrogens is 1. The summed E-state index contributed by atoms with van der Waals surface area (Å²) in [5.41, 5.74) is 2.90. The van der Waals surface area contributed by atoms with Crippen molar-refractivity contribution in [2.45, 2.75) is 46.7 Å². The number of esters is 1. The van der Waals surface area contributed by atoms with Crippen molar-refractivity contribution in [2.24, 2.45) is 5.92 Å². The number of aromatic nitrogens is 2. The Bertz CT molecular complexity index is 1070. The van der Waals surface area contributed by atoms with Gasteiger partial charge in [-0.1, -0.05) is 45.0 Å². The zero-order chi connectivity index (χ0) is 21.1. The molecular weight excluding hydrogens is 386 g/mol. The molecule has 3 aromatic rings. The molecule has 1 atom stereocenters. The van der Waals surface area contributed by atoms with Crippen LogP contribution in [0.5, 0.6) is 0 Å². The third-order valence-corrected chi connectivity index (χ3v) is 6.29. The highest BCUT2D eigenvalue weighted by Gasteiger charge is 2.20. The number of thiophene rings is 1. The number of aryl methyl sites for hydroxylation is 2. The standard InChI is InChI=1S/C22H27N3O3S/c1-6-14-7-9-15(10-8-14)18(12(2)3)23-11-16-24-20(26)17-13(4)19(22(27)28-5)29-21(17)25-16/h7-10,12,18,23H,6,11H2,1-5H3,(H,24,25,26). The van der Waals surface area contributed by atoms with Crippen molar-refractivity contribution < 1.29 is 9.53 Å². The average molecular weight is 414 g/mol. The minimum absolute atomic E-state index is 0.137. The summed E-state index contributed by atoms with van der Waals surface area (Å²) < 4.78 is 4.81. The Morgan fingerprint density at radius 2 is 1.97 bits per heavy atom. The number of aromatic amines is 1. The Balaban J connectivity index is 1.86. The highest BCUT2D eigenvalue weighted by Crippen LogP contribution is 2.28. The SMILES string of the molecule is CCc1ccc(C(NCc2nc3sc(C(=O)OC)c(C)c3c(=O)[nH]2)C(C)C)cc1. The van der Waals surface area contributed by atoms with Gasteiger partial charge in [0.25, 0.3) is 5.56 Å². The second-order valence-electron chi connectivity index (χ2n) is 7.44. The van der Waals surface area contributed by atoms with Crippen LogP contribution in [0.3, 0.4) is 0 Å². The molecule has 2 heterocycles. The van der Waals surface area contributed by atoms with Crippen LogP contribution in [-0.2, 0) is 17.7 Å². The van der Waals surface area contributed by atoms with Gasteiger partial charge < -0.3 is 15.0 Å². The van der Waals surface area contributed by atoms with Gasteiger partial charge in [0.2, 0.25) is 0 Å². The molecule has 1 aromatic carbocycles. The van der Waals surface area contributed by atoms with Crippen molar-refractivity contribution in [3.63, 3.8) is 0 Å². The first kappa shape index (κ1) is 21.2. The van der Waals surface area contributed by atoms with E-state index in [0.29, 0.717) is 38.9 Å². The molecular formula is C22H27N3O3S. The van der Waals surface area contributed by atoms with Gasteiger partial charge in [-0.15, -0.1) is 11.3 Å². The summed E-state index contributed by atoms with van der Waals surface area (Å²) in [5.74, 6) is 0.476. The maximum atomic E-state index is 12.6. The lowest BCUT2D eigenvalue weighted by atomic mass is 9.95. The quantitative estimate of drug-likeness (QED) is 0.569. The molecule has 0 aliphatic carbocycles. The molecule has 0 saturated heterocycles. The first-order chi connectivity index (χ1) is 13.8. The highest BCUT2D eigenvalue weighted by atomic mass is 32.1. The Labute approximate surface area is 174 Å². The molecule has 1 unspecified atom stereocenters. The Morgan fingerprint density at radius 1 is 1.28 bits per heavy atom. The molecule has 29 heavy (non-hydrogen) atoms. The van der Waals surface area contributed by atoms with Crippen LogP contribution in [0, 0.1) is 12.8 Å². The fourth-order valence-corrected chi connectivity index (χ4v) is 4.58. The normalized spacial score (nSPS) is 12.5. The predicted octanol–water partition coefficient (Wildman–Crippen LogP) is 4.13. The van der Waals surface area contributed by atoms with Crippen LogP contribution in [0.15, 0.2) is 29.1 Å². The molecule has 0 fully saturated rings. The lowest BCUT2D eigenvalue weighted by Gasteiger charge is -2.23. The van der Waals surface area contributed by atoms with E-state index in [4.69, 9.17) is 4.74 Å². The number of methoxy groups -OCH3 is 1. The monoisotopic (exact) mass is 413 g/mol. The van der Waals surface area contributed by atoms with Crippen molar-refractivity contribution in [2.75, 3.05) is 7.11 Å². The van der Waals surface area contributed by atoms with Crippen LogP contribution in [0.25, 0.3) is 10.2 Å². The highest BCUT2D eigenvalue weighted by molar-refractivity contribution is 7.20. The third-order valence-electron chi connectivity index (χ3n) is 5.12. The average Bonchev–Trinajstić information content (AvgIpc) is 3.04. The Hall–Kier alpha value is -2.51. The Morgan fingerprint density at radius 3 is 2.55 bits per heavy atom. The lowest BCUT2D eigenvalue weighted by Crippen LogP contribution is -2.27. The van der Waals surface area contributed by atoms with Crippen molar-refractivity contribution in [1.82, 2.24) is 15.3 Å². The molecule has 0 saturated carbocycles. The van der Waals surface area contributed by atoms with Crippen LogP contribution >= 0.6 is 11.3 Å². The van der Waals surface area contributed by atoms with E-state index in [9.17, 15) is 9.59 Å². The molecule has 0 aliphatic rings. The van der Waals surface area contributed by atoms with E-state index in [1.54, 1.807) is 6.92 Å². The van der Waals surface area contributed by atoms with Gasteiger partial charge >= 0.3 is 5.97 Å². The molecule has 154 valence electrons. The molecule has 6 nitrogen and oxygen atoms in total. The molecule has 0 amide bonds. The van der Waals surface area contributed by atoms with E-state index in [-0.39, 0.29) is 11.6 Å². The van der Waals surface area contributed by atoms with Gasteiger partial charge in [-0.2, -0.15) is 0 Å². The minimum Gasteiger partial charge on any atom is -0.465 e. The van der Waals surface area contributed by atoms with E-state index in [1.807, 2.05) is 0 Å².